The van der Waals surface area contributed by atoms with Crippen LogP contribution < -0.4 is 5.73 Å². The van der Waals surface area contributed by atoms with Crippen molar-refractivity contribution in [2.75, 3.05) is 11.5 Å². The first-order chi connectivity index (χ1) is 7.11. The fourth-order valence-electron chi connectivity index (χ4n) is 1.48. The number of hydrogen-bond acceptors (Lipinski definition) is 2. The highest BCUT2D eigenvalue weighted by Gasteiger charge is 2.03. The van der Waals surface area contributed by atoms with E-state index < -0.39 is 0 Å². The minimum Gasteiger partial charge on any atom is -0.399 e. The summed E-state index contributed by atoms with van der Waals surface area (Å²) in [6.07, 6.45) is 2.42. The minimum atomic E-state index is -0.249. The maximum Gasteiger partial charge on any atom is 0.126 e. The maximum absolute atomic E-state index is 13.0. The summed E-state index contributed by atoms with van der Waals surface area (Å²) in [5, 5.41) is 0. The van der Waals surface area contributed by atoms with Crippen molar-refractivity contribution in [1.82, 2.24) is 0 Å². The Bertz CT molecular complexity index is 294. The van der Waals surface area contributed by atoms with Crippen molar-refractivity contribution in [3.63, 3.8) is 0 Å². The highest BCUT2D eigenvalue weighted by atomic mass is 32.2. The molecule has 0 heterocycles. The summed E-state index contributed by atoms with van der Waals surface area (Å²) in [5.74, 6) is 1.45. The number of hydrogen-bond donors (Lipinski definition) is 1. The summed E-state index contributed by atoms with van der Waals surface area (Å²) < 4.78 is 13.0. The lowest BCUT2D eigenvalue weighted by atomic mass is 10.1. The lowest BCUT2D eigenvalue weighted by molar-refractivity contribution is 0.585. The summed E-state index contributed by atoms with van der Waals surface area (Å²) in [5.41, 5.74) is 6.07. The summed E-state index contributed by atoms with van der Waals surface area (Å²) in [6.45, 7) is 4.40. The van der Waals surface area contributed by atoms with Crippen LogP contribution in [0.3, 0.4) is 0 Å². The van der Waals surface area contributed by atoms with E-state index in [0.29, 0.717) is 11.6 Å². The van der Waals surface area contributed by atoms with Crippen LogP contribution in [0.15, 0.2) is 23.1 Å². The Kier molecular flexibility index (Phi) is 4.95. The third-order valence-corrected chi connectivity index (χ3v) is 3.51. The standard InChI is InChI=1S/C12H18FNS/c1-3-4-9(2)8-15-12-6-10(13)5-11(14)7-12/h5-7,9H,3-4,8,14H2,1-2H3. The second kappa shape index (κ2) is 6.01. The van der Waals surface area contributed by atoms with Crippen LogP contribution in [-0.2, 0) is 0 Å². The minimum absolute atomic E-state index is 0.249. The van der Waals surface area contributed by atoms with Gasteiger partial charge in [-0.1, -0.05) is 26.7 Å². The van der Waals surface area contributed by atoms with Crippen LogP contribution in [0.4, 0.5) is 10.1 Å². The molecule has 0 aliphatic carbocycles. The van der Waals surface area contributed by atoms with Gasteiger partial charge in [0, 0.05) is 16.3 Å². The van der Waals surface area contributed by atoms with Crippen molar-refractivity contribution in [3.05, 3.63) is 24.0 Å². The molecule has 1 atom stereocenters. The van der Waals surface area contributed by atoms with E-state index in [4.69, 9.17) is 5.73 Å². The van der Waals surface area contributed by atoms with Gasteiger partial charge < -0.3 is 5.73 Å². The SMILES string of the molecule is CCCC(C)CSc1cc(N)cc(F)c1. The smallest absolute Gasteiger partial charge is 0.126 e. The van der Waals surface area contributed by atoms with Crippen molar-refractivity contribution in [2.24, 2.45) is 5.92 Å². The van der Waals surface area contributed by atoms with E-state index in [1.54, 1.807) is 17.8 Å². The van der Waals surface area contributed by atoms with Crippen LogP contribution in [-0.4, -0.2) is 5.75 Å². The fourth-order valence-corrected chi connectivity index (χ4v) is 2.54. The third-order valence-electron chi connectivity index (χ3n) is 2.21. The van der Waals surface area contributed by atoms with Gasteiger partial charge in [-0.2, -0.15) is 0 Å². The zero-order valence-corrected chi connectivity index (χ0v) is 10.1. The number of benzene rings is 1. The first kappa shape index (κ1) is 12.4. The van der Waals surface area contributed by atoms with E-state index in [9.17, 15) is 4.39 Å². The molecule has 1 nitrogen and oxygen atoms in total. The van der Waals surface area contributed by atoms with Crippen molar-refractivity contribution >= 4 is 17.4 Å². The molecule has 0 aliphatic heterocycles. The Hall–Kier alpha value is -0.700. The zero-order chi connectivity index (χ0) is 11.3. The topological polar surface area (TPSA) is 26.0 Å². The third kappa shape index (κ3) is 4.56. The van der Waals surface area contributed by atoms with E-state index in [2.05, 4.69) is 13.8 Å². The van der Waals surface area contributed by atoms with Crippen LogP contribution >= 0.6 is 11.8 Å². The van der Waals surface area contributed by atoms with Gasteiger partial charge in [0.15, 0.2) is 0 Å². The van der Waals surface area contributed by atoms with Crippen LogP contribution in [0.5, 0.6) is 0 Å². The van der Waals surface area contributed by atoms with E-state index >= 15 is 0 Å². The van der Waals surface area contributed by atoms with Gasteiger partial charge in [-0.3, -0.25) is 0 Å². The van der Waals surface area contributed by atoms with Gasteiger partial charge in [0.2, 0.25) is 0 Å². The molecule has 1 aromatic carbocycles. The second-order valence-electron chi connectivity index (χ2n) is 3.93. The van der Waals surface area contributed by atoms with Crippen LogP contribution in [0.25, 0.3) is 0 Å². The number of nitrogens with two attached hydrogens (primary N) is 1. The molecule has 0 aliphatic rings. The van der Waals surface area contributed by atoms with E-state index in [1.165, 1.54) is 18.9 Å². The highest BCUT2D eigenvalue weighted by molar-refractivity contribution is 7.99. The van der Waals surface area contributed by atoms with Crippen molar-refractivity contribution in [3.8, 4) is 0 Å². The number of rotatable bonds is 5. The van der Waals surface area contributed by atoms with Crippen LogP contribution in [0, 0.1) is 11.7 Å². The molecule has 0 saturated heterocycles. The molecule has 0 fully saturated rings. The summed E-state index contributed by atoms with van der Waals surface area (Å²) >= 11 is 1.68. The van der Waals surface area contributed by atoms with E-state index in [1.807, 2.05) is 6.07 Å². The molecule has 0 spiro atoms. The normalized spacial score (nSPS) is 12.7. The van der Waals surface area contributed by atoms with E-state index in [-0.39, 0.29) is 5.82 Å². The number of thioether (sulfide) groups is 1. The first-order valence-corrected chi connectivity index (χ1v) is 6.29. The molecule has 0 bridgehead atoms. The monoisotopic (exact) mass is 227 g/mol. The fraction of sp³-hybridized carbons (Fsp3) is 0.500. The van der Waals surface area contributed by atoms with Gasteiger partial charge in [0.05, 0.1) is 0 Å². The highest BCUT2D eigenvalue weighted by Crippen LogP contribution is 2.25. The predicted molar refractivity (Wildman–Crippen MR) is 65.6 cm³/mol. The number of halogens is 1. The average Bonchev–Trinajstić information content (AvgIpc) is 2.14. The zero-order valence-electron chi connectivity index (χ0n) is 9.29. The van der Waals surface area contributed by atoms with Crippen LogP contribution in [0.2, 0.25) is 0 Å². The quantitative estimate of drug-likeness (QED) is 0.609. The summed E-state index contributed by atoms with van der Waals surface area (Å²) in [6, 6.07) is 4.71. The largest absolute Gasteiger partial charge is 0.399 e. The molecule has 84 valence electrons. The van der Waals surface area contributed by atoms with Gasteiger partial charge in [-0.05, 0) is 24.1 Å². The maximum atomic E-state index is 13.0. The second-order valence-corrected chi connectivity index (χ2v) is 5.02. The van der Waals surface area contributed by atoms with Crippen molar-refractivity contribution in [2.45, 2.75) is 31.6 Å². The molecule has 1 rings (SSSR count). The molecule has 0 aromatic heterocycles. The van der Waals surface area contributed by atoms with Crippen molar-refractivity contribution in [1.29, 1.82) is 0 Å². The van der Waals surface area contributed by atoms with Crippen LogP contribution in [0.1, 0.15) is 26.7 Å². The Morgan fingerprint density at radius 2 is 2.13 bits per heavy atom. The Labute approximate surface area is 95.2 Å². The molecule has 1 unspecified atom stereocenters. The molecular weight excluding hydrogens is 209 g/mol. The Balaban J connectivity index is 2.50. The molecule has 15 heavy (non-hydrogen) atoms. The molecule has 3 heteroatoms. The molecule has 0 radical (unpaired) electrons. The lowest BCUT2D eigenvalue weighted by Gasteiger charge is -2.09. The first-order valence-electron chi connectivity index (χ1n) is 5.30. The van der Waals surface area contributed by atoms with Gasteiger partial charge >= 0.3 is 0 Å². The average molecular weight is 227 g/mol. The molecule has 2 N–H and O–H groups in total. The molecule has 0 amide bonds. The van der Waals surface area contributed by atoms with Gasteiger partial charge in [-0.15, -0.1) is 11.8 Å². The lowest BCUT2D eigenvalue weighted by Crippen LogP contribution is -1.97. The number of anilines is 1. The van der Waals surface area contributed by atoms with Crippen molar-refractivity contribution < 1.29 is 4.39 Å². The van der Waals surface area contributed by atoms with Gasteiger partial charge in [0.25, 0.3) is 0 Å². The van der Waals surface area contributed by atoms with E-state index in [0.717, 1.165) is 10.6 Å². The van der Waals surface area contributed by atoms with Gasteiger partial charge in [0.1, 0.15) is 5.82 Å². The molecular formula is C12H18FNS. The molecule has 1 aromatic rings. The summed E-state index contributed by atoms with van der Waals surface area (Å²) in [7, 11) is 0. The Morgan fingerprint density at radius 3 is 2.73 bits per heavy atom. The molecule has 0 saturated carbocycles. The Morgan fingerprint density at radius 1 is 1.40 bits per heavy atom. The van der Waals surface area contributed by atoms with Gasteiger partial charge in [-0.25, -0.2) is 4.39 Å². The predicted octanol–water partition coefficient (Wildman–Crippen LogP) is 3.94. The number of nitrogen functional groups attached to an aromatic ring is 1. The summed E-state index contributed by atoms with van der Waals surface area (Å²) in [4.78, 5) is 0.926.